The van der Waals surface area contributed by atoms with Crippen molar-refractivity contribution >= 4 is 0 Å². The highest BCUT2D eigenvalue weighted by atomic mass is 16.3. The standard InChI is InChI=1S/C13H22N2O/c1-10(2)8-11(3)15-9-13(16)12-4-6-14-7-5-12/h4-7,10-11,13,15-16H,8-9H2,1-3H3. The highest BCUT2D eigenvalue weighted by Crippen LogP contribution is 2.11. The fourth-order valence-corrected chi connectivity index (χ4v) is 1.81. The lowest BCUT2D eigenvalue weighted by Gasteiger charge is -2.18. The second-order valence-corrected chi connectivity index (χ2v) is 4.74. The zero-order chi connectivity index (χ0) is 12.0. The fourth-order valence-electron chi connectivity index (χ4n) is 1.81. The zero-order valence-corrected chi connectivity index (χ0v) is 10.4. The molecule has 2 N–H and O–H groups in total. The molecule has 0 amide bonds. The lowest BCUT2D eigenvalue weighted by atomic mass is 10.0. The van der Waals surface area contributed by atoms with Gasteiger partial charge in [-0.15, -0.1) is 0 Å². The lowest BCUT2D eigenvalue weighted by molar-refractivity contribution is 0.169. The molecule has 0 bridgehead atoms. The van der Waals surface area contributed by atoms with Gasteiger partial charge in [0.1, 0.15) is 0 Å². The van der Waals surface area contributed by atoms with Crippen LogP contribution < -0.4 is 5.32 Å². The number of nitrogens with zero attached hydrogens (tertiary/aromatic N) is 1. The van der Waals surface area contributed by atoms with Gasteiger partial charge in [-0.2, -0.15) is 0 Å². The van der Waals surface area contributed by atoms with E-state index in [2.05, 4.69) is 31.1 Å². The van der Waals surface area contributed by atoms with Crippen LogP contribution in [0.4, 0.5) is 0 Å². The van der Waals surface area contributed by atoms with Gasteiger partial charge in [0.25, 0.3) is 0 Å². The number of pyridine rings is 1. The summed E-state index contributed by atoms with van der Waals surface area (Å²) < 4.78 is 0. The molecule has 1 rings (SSSR count). The number of aliphatic hydroxyl groups excluding tert-OH is 1. The predicted molar refractivity (Wildman–Crippen MR) is 66.1 cm³/mol. The summed E-state index contributed by atoms with van der Waals surface area (Å²) in [4.78, 5) is 3.93. The fraction of sp³-hybridized carbons (Fsp3) is 0.615. The van der Waals surface area contributed by atoms with Crippen LogP contribution in [0.3, 0.4) is 0 Å². The van der Waals surface area contributed by atoms with Gasteiger partial charge < -0.3 is 10.4 Å². The quantitative estimate of drug-likeness (QED) is 0.775. The van der Waals surface area contributed by atoms with Crippen LogP contribution in [0.2, 0.25) is 0 Å². The van der Waals surface area contributed by atoms with Gasteiger partial charge in [-0.05, 0) is 37.0 Å². The number of aliphatic hydroxyl groups is 1. The predicted octanol–water partition coefficient (Wildman–Crippen LogP) is 2.14. The molecule has 0 spiro atoms. The van der Waals surface area contributed by atoms with Crippen LogP contribution in [0.15, 0.2) is 24.5 Å². The summed E-state index contributed by atoms with van der Waals surface area (Å²) in [6.45, 7) is 7.16. The Morgan fingerprint density at radius 2 is 1.88 bits per heavy atom. The van der Waals surface area contributed by atoms with Crippen molar-refractivity contribution in [3.8, 4) is 0 Å². The first-order chi connectivity index (χ1) is 7.59. The highest BCUT2D eigenvalue weighted by molar-refractivity contribution is 5.13. The Bertz CT molecular complexity index is 287. The normalized spacial score (nSPS) is 15.1. The smallest absolute Gasteiger partial charge is 0.0915 e. The summed E-state index contributed by atoms with van der Waals surface area (Å²) >= 11 is 0. The third-order valence-corrected chi connectivity index (χ3v) is 2.58. The van der Waals surface area contributed by atoms with Crippen molar-refractivity contribution in [3.63, 3.8) is 0 Å². The molecule has 2 unspecified atom stereocenters. The van der Waals surface area contributed by atoms with Gasteiger partial charge in [-0.3, -0.25) is 4.98 Å². The molecule has 0 fully saturated rings. The van der Waals surface area contributed by atoms with E-state index in [-0.39, 0.29) is 0 Å². The topological polar surface area (TPSA) is 45.1 Å². The van der Waals surface area contributed by atoms with Crippen LogP contribution >= 0.6 is 0 Å². The molecule has 0 saturated carbocycles. The van der Waals surface area contributed by atoms with E-state index >= 15 is 0 Å². The maximum atomic E-state index is 9.91. The molecular weight excluding hydrogens is 200 g/mol. The number of hydrogen-bond acceptors (Lipinski definition) is 3. The molecule has 0 aliphatic heterocycles. The molecule has 3 heteroatoms. The van der Waals surface area contributed by atoms with Crippen molar-refractivity contribution in [1.82, 2.24) is 10.3 Å². The largest absolute Gasteiger partial charge is 0.387 e. The van der Waals surface area contributed by atoms with Crippen molar-refractivity contribution in [1.29, 1.82) is 0 Å². The van der Waals surface area contributed by atoms with Crippen molar-refractivity contribution in [2.24, 2.45) is 5.92 Å². The van der Waals surface area contributed by atoms with E-state index in [1.807, 2.05) is 12.1 Å². The molecule has 3 nitrogen and oxygen atoms in total. The molecule has 90 valence electrons. The maximum absolute atomic E-state index is 9.91. The SMILES string of the molecule is CC(C)CC(C)NCC(O)c1ccncc1. The van der Waals surface area contributed by atoms with Crippen LogP contribution in [0.1, 0.15) is 38.9 Å². The first kappa shape index (κ1) is 13.1. The van der Waals surface area contributed by atoms with Gasteiger partial charge in [0.05, 0.1) is 6.10 Å². The number of rotatable bonds is 6. The van der Waals surface area contributed by atoms with Gasteiger partial charge in [0, 0.05) is 25.0 Å². The Labute approximate surface area is 97.9 Å². The Hall–Kier alpha value is -0.930. The molecule has 0 aliphatic rings. The van der Waals surface area contributed by atoms with Gasteiger partial charge in [-0.25, -0.2) is 0 Å². The van der Waals surface area contributed by atoms with E-state index in [0.29, 0.717) is 18.5 Å². The molecule has 1 aromatic heterocycles. The molecular formula is C13H22N2O. The van der Waals surface area contributed by atoms with Gasteiger partial charge in [0.2, 0.25) is 0 Å². The number of nitrogens with one attached hydrogen (secondary N) is 1. The summed E-state index contributed by atoms with van der Waals surface area (Å²) in [7, 11) is 0. The molecule has 16 heavy (non-hydrogen) atoms. The third kappa shape index (κ3) is 4.73. The van der Waals surface area contributed by atoms with Crippen molar-refractivity contribution in [3.05, 3.63) is 30.1 Å². The monoisotopic (exact) mass is 222 g/mol. The third-order valence-electron chi connectivity index (χ3n) is 2.58. The molecule has 0 radical (unpaired) electrons. The molecule has 0 saturated heterocycles. The van der Waals surface area contributed by atoms with Crippen LogP contribution in [0, 0.1) is 5.92 Å². The summed E-state index contributed by atoms with van der Waals surface area (Å²) in [6.07, 6.45) is 4.09. The minimum Gasteiger partial charge on any atom is -0.387 e. The minimum atomic E-state index is -0.447. The lowest BCUT2D eigenvalue weighted by Crippen LogP contribution is -2.31. The average Bonchev–Trinajstić information content (AvgIpc) is 2.26. The second-order valence-electron chi connectivity index (χ2n) is 4.74. The zero-order valence-electron chi connectivity index (χ0n) is 10.4. The van der Waals surface area contributed by atoms with Crippen LogP contribution in [0.5, 0.6) is 0 Å². The molecule has 0 aromatic carbocycles. The highest BCUT2D eigenvalue weighted by Gasteiger charge is 2.09. The van der Waals surface area contributed by atoms with Crippen LogP contribution in [0.25, 0.3) is 0 Å². The Morgan fingerprint density at radius 1 is 1.25 bits per heavy atom. The van der Waals surface area contributed by atoms with Crippen molar-refractivity contribution in [2.75, 3.05) is 6.54 Å². The molecule has 1 aromatic rings. The maximum Gasteiger partial charge on any atom is 0.0915 e. The number of aromatic nitrogens is 1. The van der Waals surface area contributed by atoms with E-state index < -0.39 is 6.10 Å². The van der Waals surface area contributed by atoms with Crippen molar-refractivity contribution in [2.45, 2.75) is 39.3 Å². The summed E-state index contributed by atoms with van der Waals surface area (Å²) in [5.74, 6) is 0.681. The molecule has 2 atom stereocenters. The summed E-state index contributed by atoms with van der Waals surface area (Å²) in [5, 5.41) is 13.3. The van der Waals surface area contributed by atoms with Crippen molar-refractivity contribution < 1.29 is 5.11 Å². The minimum absolute atomic E-state index is 0.441. The first-order valence-electron chi connectivity index (χ1n) is 5.91. The first-order valence-corrected chi connectivity index (χ1v) is 5.91. The van der Waals surface area contributed by atoms with E-state index in [1.54, 1.807) is 12.4 Å². The van der Waals surface area contributed by atoms with E-state index in [9.17, 15) is 5.11 Å². The number of hydrogen-bond donors (Lipinski definition) is 2. The average molecular weight is 222 g/mol. The Kier molecular flexibility index (Phi) is 5.43. The van der Waals surface area contributed by atoms with E-state index in [1.165, 1.54) is 0 Å². The Balaban J connectivity index is 2.33. The molecule has 1 heterocycles. The summed E-state index contributed by atoms with van der Waals surface area (Å²) in [6, 6.07) is 4.13. The Morgan fingerprint density at radius 3 is 2.44 bits per heavy atom. The van der Waals surface area contributed by atoms with Gasteiger partial charge >= 0.3 is 0 Å². The van der Waals surface area contributed by atoms with Gasteiger partial charge in [-0.1, -0.05) is 13.8 Å². The second kappa shape index (κ2) is 6.61. The van der Waals surface area contributed by atoms with Crippen LogP contribution in [-0.4, -0.2) is 22.7 Å². The van der Waals surface area contributed by atoms with E-state index in [0.717, 1.165) is 12.0 Å². The van der Waals surface area contributed by atoms with Crippen LogP contribution in [-0.2, 0) is 0 Å². The molecule has 0 aliphatic carbocycles. The van der Waals surface area contributed by atoms with Gasteiger partial charge in [0.15, 0.2) is 0 Å². The summed E-state index contributed by atoms with van der Waals surface area (Å²) in [5.41, 5.74) is 0.916. The van der Waals surface area contributed by atoms with E-state index in [4.69, 9.17) is 0 Å².